The molecule has 2 aliphatic rings. The molecular formula is C14H22N2O3S2. The zero-order valence-corrected chi connectivity index (χ0v) is 13.9. The molecule has 118 valence electrons. The summed E-state index contributed by atoms with van der Waals surface area (Å²) < 4.78 is 29.4. The number of hydrogen-bond donors (Lipinski definition) is 1. The normalized spacial score (nSPS) is 24.3. The largest absolute Gasteiger partial charge is 0.468 e. The van der Waals surface area contributed by atoms with Gasteiger partial charge in [0.05, 0.1) is 12.8 Å². The Morgan fingerprint density at radius 1 is 1.48 bits per heavy atom. The third-order valence-corrected chi connectivity index (χ3v) is 6.71. The van der Waals surface area contributed by atoms with Crippen molar-refractivity contribution in [2.45, 2.75) is 37.3 Å². The van der Waals surface area contributed by atoms with Gasteiger partial charge in [-0.3, -0.25) is 4.90 Å². The van der Waals surface area contributed by atoms with Crippen LogP contribution in [0.4, 0.5) is 0 Å². The molecule has 1 aromatic rings. The smallest absolute Gasteiger partial charge is 0.164 e. The van der Waals surface area contributed by atoms with Crippen LogP contribution in [-0.4, -0.2) is 49.0 Å². The Balaban J connectivity index is 1.67. The lowest BCUT2D eigenvalue weighted by Crippen LogP contribution is -2.46. The third kappa shape index (κ3) is 4.03. The highest BCUT2D eigenvalue weighted by atomic mass is 32.2. The highest BCUT2D eigenvalue weighted by Crippen LogP contribution is 2.25. The number of nitrogens with one attached hydrogen (secondary N) is 1. The molecule has 3 rings (SSSR count). The predicted octanol–water partition coefficient (Wildman–Crippen LogP) is 1.45. The monoisotopic (exact) mass is 330 g/mol. The zero-order chi connectivity index (χ0) is 14.9. The molecule has 1 N–H and O–H groups in total. The number of nitrogens with zero attached hydrogens (tertiary/aromatic N) is 1. The first-order valence-corrected chi connectivity index (χ1v) is 10.4. The van der Waals surface area contributed by atoms with Gasteiger partial charge in [-0.1, -0.05) is 0 Å². The summed E-state index contributed by atoms with van der Waals surface area (Å²) >= 11 is 1.72. The van der Waals surface area contributed by atoms with Gasteiger partial charge in [-0.15, -0.1) is 0 Å². The minimum Gasteiger partial charge on any atom is -0.468 e. The van der Waals surface area contributed by atoms with Gasteiger partial charge < -0.3 is 9.73 Å². The molecule has 0 aromatic carbocycles. The van der Waals surface area contributed by atoms with E-state index in [1.54, 1.807) is 18.0 Å². The minimum atomic E-state index is -3.05. The first-order valence-electron chi connectivity index (χ1n) is 7.33. The summed E-state index contributed by atoms with van der Waals surface area (Å²) in [5.41, 5.74) is 1.10. The standard InChI is InChI=1S/C14H22N2O3S2/c1-21(17,18)14-10-20-7-5-16(14)9-11-4-6-19-13(11)8-15-12-2-3-12/h4,6,12,14-15H,2-3,5,7-10H2,1H3. The van der Waals surface area contributed by atoms with Crippen LogP contribution in [-0.2, 0) is 22.9 Å². The molecule has 1 unspecified atom stereocenters. The van der Waals surface area contributed by atoms with Crippen molar-refractivity contribution in [1.82, 2.24) is 10.2 Å². The Kier molecular flexibility index (Phi) is 4.63. The van der Waals surface area contributed by atoms with E-state index >= 15 is 0 Å². The van der Waals surface area contributed by atoms with Crippen LogP contribution in [0.3, 0.4) is 0 Å². The van der Waals surface area contributed by atoms with E-state index in [9.17, 15) is 8.42 Å². The van der Waals surface area contributed by atoms with E-state index in [4.69, 9.17) is 4.42 Å². The zero-order valence-electron chi connectivity index (χ0n) is 12.2. The number of hydrogen-bond acceptors (Lipinski definition) is 6. The Labute approximate surface area is 130 Å². The number of furan rings is 1. The lowest BCUT2D eigenvalue weighted by Gasteiger charge is -2.33. The lowest BCUT2D eigenvalue weighted by molar-refractivity contribution is 0.259. The van der Waals surface area contributed by atoms with Crippen molar-refractivity contribution in [3.8, 4) is 0 Å². The van der Waals surface area contributed by atoms with Gasteiger partial charge in [0.25, 0.3) is 0 Å². The molecule has 1 atom stereocenters. The highest BCUT2D eigenvalue weighted by molar-refractivity contribution is 8.00. The molecule has 1 aromatic heterocycles. The SMILES string of the molecule is CS(=O)(=O)C1CSCCN1Cc1ccoc1CNC1CC1. The summed E-state index contributed by atoms with van der Waals surface area (Å²) in [7, 11) is -3.05. The average molecular weight is 330 g/mol. The van der Waals surface area contributed by atoms with Crippen molar-refractivity contribution in [2.75, 3.05) is 24.3 Å². The van der Waals surface area contributed by atoms with Crippen LogP contribution in [0, 0.1) is 0 Å². The molecule has 0 amide bonds. The Hall–Kier alpha value is -0.500. The van der Waals surface area contributed by atoms with Gasteiger partial charge in [0, 0.05) is 42.5 Å². The molecule has 1 aliphatic heterocycles. The summed E-state index contributed by atoms with van der Waals surface area (Å²) in [5, 5.41) is 3.06. The molecular weight excluding hydrogens is 308 g/mol. The van der Waals surface area contributed by atoms with E-state index in [1.165, 1.54) is 19.1 Å². The molecule has 1 saturated carbocycles. The first kappa shape index (κ1) is 15.4. The second-order valence-corrected chi connectivity index (χ2v) is 9.21. The van der Waals surface area contributed by atoms with E-state index in [-0.39, 0.29) is 5.37 Å². The fourth-order valence-electron chi connectivity index (χ4n) is 2.60. The average Bonchev–Trinajstić information content (AvgIpc) is 3.16. The van der Waals surface area contributed by atoms with Gasteiger partial charge in [0.1, 0.15) is 11.1 Å². The second kappa shape index (κ2) is 6.32. The minimum absolute atomic E-state index is 0.379. The Morgan fingerprint density at radius 3 is 3.00 bits per heavy atom. The van der Waals surface area contributed by atoms with Crippen LogP contribution in [0.5, 0.6) is 0 Å². The van der Waals surface area contributed by atoms with E-state index in [0.717, 1.165) is 30.2 Å². The van der Waals surface area contributed by atoms with Gasteiger partial charge in [0.2, 0.25) is 0 Å². The third-order valence-electron chi connectivity index (χ3n) is 4.02. The molecule has 7 heteroatoms. The van der Waals surface area contributed by atoms with E-state index in [1.807, 2.05) is 6.07 Å². The van der Waals surface area contributed by atoms with E-state index in [2.05, 4.69) is 10.2 Å². The van der Waals surface area contributed by atoms with Crippen molar-refractivity contribution in [3.05, 3.63) is 23.7 Å². The predicted molar refractivity (Wildman–Crippen MR) is 84.9 cm³/mol. The molecule has 2 heterocycles. The topological polar surface area (TPSA) is 62.6 Å². The van der Waals surface area contributed by atoms with E-state index in [0.29, 0.717) is 18.3 Å². The number of sulfone groups is 1. The number of rotatable bonds is 6. The van der Waals surface area contributed by atoms with Gasteiger partial charge in [0.15, 0.2) is 9.84 Å². The maximum atomic E-state index is 11.9. The molecule has 1 aliphatic carbocycles. The van der Waals surface area contributed by atoms with Crippen molar-refractivity contribution in [2.24, 2.45) is 0 Å². The summed E-state index contributed by atoms with van der Waals surface area (Å²) in [6, 6.07) is 2.60. The van der Waals surface area contributed by atoms with Crippen LogP contribution in [0.15, 0.2) is 16.7 Å². The fraction of sp³-hybridized carbons (Fsp3) is 0.714. The second-order valence-electron chi connectivity index (χ2n) is 5.85. The van der Waals surface area contributed by atoms with Gasteiger partial charge in [-0.25, -0.2) is 8.42 Å². The summed E-state index contributed by atoms with van der Waals surface area (Å²) in [6.45, 7) is 2.19. The van der Waals surface area contributed by atoms with E-state index < -0.39 is 9.84 Å². The highest BCUT2D eigenvalue weighted by Gasteiger charge is 2.31. The van der Waals surface area contributed by atoms with Crippen LogP contribution >= 0.6 is 11.8 Å². The quantitative estimate of drug-likeness (QED) is 0.852. The Bertz CT molecular complexity index is 581. The molecule has 0 spiro atoms. The summed E-state index contributed by atoms with van der Waals surface area (Å²) in [5.74, 6) is 2.58. The summed E-state index contributed by atoms with van der Waals surface area (Å²) in [4.78, 5) is 2.07. The molecule has 0 radical (unpaired) electrons. The van der Waals surface area contributed by atoms with Crippen LogP contribution in [0.1, 0.15) is 24.2 Å². The van der Waals surface area contributed by atoms with Crippen LogP contribution in [0.25, 0.3) is 0 Å². The van der Waals surface area contributed by atoms with Crippen molar-refractivity contribution < 1.29 is 12.8 Å². The first-order chi connectivity index (χ1) is 10.0. The molecule has 1 saturated heterocycles. The number of thioether (sulfide) groups is 1. The molecule has 5 nitrogen and oxygen atoms in total. The van der Waals surface area contributed by atoms with Gasteiger partial charge in [-0.05, 0) is 18.9 Å². The van der Waals surface area contributed by atoms with Crippen molar-refractivity contribution in [1.29, 1.82) is 0 Å². The van der Waals surface area contributed by atoms with Crippen LogP contribution in [0.2, 0.25) is 0 Å². The molecule has 2 fully saturated rings. The fourth-order valence-corrected chi connectivity index (χ4v) is 5.54. The molecule has 21 heavy (non-hydrogen) atoms. The maximum Gasteiger partial charge on any atom is 0.164 e. The van der Waals surface area contributed by atoms with Crippen molar-refractivity contribution in [3.63, 3.8) is 0 Å². The maximum absolute atomic E-state index is 11.9. The van der Waals surface area contributed by atoms with Gasteiger partial charge >= 0.3 is 0 Å². The molecule has 0 bridgehead atoms. The van der Waals surface area contributed by atoms with Crippen LogP contribution < -0.4 is 5.32 Å². The Morgan fingerprint density at radius 2 is 2.29 bits per heavy atom. The van der Waals surface area contributed by atoms with Crippen molar-refractivity contribution >= 4 is 21.6 Å². The summed E-state index contributed by atoms with van der Waals surface area (Å²) in [6.07, 6.45) is 5.53. The van der Waals surface area contributed by atoms with Gasteiger partial charge in [-0.2, -0.15) is 11.8 Å². The lowest BCUT2D eigenvalue weighted by atomic mass is 10.2.